The molecule has 3 aromatic rings. The highest BCUT2D eigenvalue weighted by Crippen LogP contribution is 2.13. The zero-order chi connectivity index (χ0) is 17.2. The molecule has 0 aliphatic rings. The van der Waals surface area contributed by atoms with Gasteiger partial charge in [0.25, 0.3) is 0 Å². The van der Waals surface area contributed by atoms with Crippen LogP contribution in [0.5, 0.6) is 0 Å². The van der Waals surface area contributed by atoms with Crippen LogP contribution < -0.4 is 5.32 Å². The number of hydrogen-bond donors (Lipinski definition) is 1. The molecule has 0 atom stereocenters. The average Bonchev–Trinajstić information content (AvgIpc) is 2.93. The second kappa shape index (κ2) is 6.40. The Morgan fingerprint density at radius 2 is 2.00 bits per heavy atom. The number of nitrogens with one attached hydrogen (secondary N) is 1. The Balaban J connectivity index is 1.64. The van der Waals surface area contributed by atoms with Gasteiger partial charge in [-0.15, -0.1) is 0 Å². The van der Waals surface area contributed by atoms with E-state index in [9.17, 15) is 13.2 Å². The Bertz CT molecular complexity index is 981. The molecule has 0 saturated carbocycles. The molecule has 1 aromatic carbocycles. The lowest BCUT2D eigenvalue weighted by Gasteiger charge is -2.06. The lowest BCUT2D eigenvalue weighted by molar-refractivity contribution is -0.115. The van der Waals surface area contributed by atoms with Crippen molar-refractivity contribution in [2.75, 3.05) is 11.1 Å². The molecule has 0 radical (unpaired) electrons. The molecule has 7 nitrogen and oxygen atoms in total. The topological polar surface area (TPSA) is 93.4 Å². The van der Waals surface area contributed by atoms with Gasteiger partial charge >= 0.3 is 0 Å². The van der Waals surface area contributed by atoms with Gasteiger partial charge in [-0.1, -0.05) is 18.2 Å². The third-order valence-corrected chi connectivity index (χ3v) is 5.15. The SMILES string of the molecule is Cc1cc2ncc(NC(=O)CCS(=O)(=O)c3ccccc3)cn2n1. The maximum atomic E-state index is 12.2. The summed E-state index contributed by atoms with van der Waals surface area (Å²) in [4.78, 5) is 16.4. The highest BCUT2D eigenvalue weighted by molar-refractivity contribution is 7.91. The zero-order valence-electron chi connectivity index (χ0n) is 13.0. The molecule has 1 N–H and O–H groups in total. The second-order valence-corrected chi connectivity index (χ2v) is 7.47. The molecule has 124 valence electrons. The number of fused-ring (bicyclic) bond motifs is 1. The number of aryl methyl sites for hydroxylation is 1. The van der Waals surface area contributed by atoms with E-state index in [0.29, 0.717) is 11.3 Å². The van der Waals surface area contributed by atoms with Crippen LogP contribution in [-0.2, 0) is 14.6 Å². The van der Waals surface area contributed by atoms with Gasteiger partial charge in [-0.2, -0.15) is 5.10 Å². The van der Waals surface area contributed by atoms with Crippen LogP contribution in [0.25, 0.3) is 5.65 Å². The highest BCUT2D eigenvalue weighted by atomic mass is 32.2. The number of sulfone groups is 1. The van der Waals surface area contributed by atoms with Crippen LogP contribution >= 0.6 is 0 Å². The molecular weight excluding hydrogens is 328 g/mol. The molecule has 0 spiro atoms. The fourth-order valence-electron chi connectivity index (χ4n) is 2.26. The van der Waals surface area contributed by atoms with Crippen molar-refractivity contribution in [2.45, 2.75) is 18.2 Å². The molecule has 2 aromatic heterocycles. The van der Waals surface area contributed by atoms with Gasteiger partial charge < -0.3 is 5.32 Å². The van der Waals surface area contributed by atoms with Gasteiger partial charge in [-0.25, -0.2) is 17.9 Å². The van der Waals surface area contributed by atoms with Crippen LogP contribution in [0.15, 0.2) is 53.7 Å². The summed E-state index contributed by atoms with van der Waals surface area (Å²) in [5.41, 5.74) is 1.96. The first-order chi connectivity index (χ1) is 11.4. The molecule has 0 saturated heterocycles. The van der Waals surface area contributed by atoms with E-state index < -0.39 is 9.84 Å². The van der Waals surface area contributed by atoms with Gasteiger partial charge in [0.1, 0.15) is 0 Å². The number of aromatic nitrogens is 3. The third kappa shape index (κ3) is 3.60. The summed E-state index contributed by atoms with van der Waals surface area (Å²) >= 11 is 0. The number of carbonyl (C=O) groups is 1. The molecule has 0 aliphatic carbocycles. The lowest BCUT2D eigenvalue weighted by atomic mass is 10.4. The molecule has 0 aliphatic heterocycles. The van der Waals surface area contributed by atoms with Gasteiger partial charge in [0.2, 0.25) is 5.91 Å². The normalized spacial score (nSPS) is 11.5. The standard InChI is InChI=1S/C16H16N4O3S/c1-12-9-15-17-10-13(11-20(15)19-12)18-16(21)7-8-24(22,23)14-5-3-2-4-6-14/h2-6,9-11H,7-8H2,1H3,(H,18,21). The molecule has 3 rings (SSSR count). The quantitative estimate of drug-likeness (QED) is 0.762. The summed E-state index contributed by atoms with van der Waals surface area (Å²) in [7, 11) is -3.47. The van der Waals surface area contributed by atoms with Crippen molar-refractivity contribution >= 4 is 27.1 Å². The molecule has 24 heavy (non-hydrogen) atoms. The summed E-state index contributed by atoms with van der Waals surface area (Å²) in [6.45, 7) is 1.85. The first-order valence-corrected chi connectivity index (χ1v) is 8.99. The molecule has 2 heterocycles. The summed E-state index contributed by atoms with van der Waals surface area (Å²) in [6, 6.07) is 9.90. The van der Waals surface area contributed by atoms with Crippen LogP contribution in [0, 0.1) is 6.92 Å². The lowest BCUT2D eigenvalue weighted by Crippen LogP contribution is -2.17. The summed E-state index contributed by atoms with van der Waals surface area (Å²) in [5, 5.41) is 6.85. The van der Waals surface area contributed by atoms with E-state index in [1.54, 1.807) is 28.9 Å². The number of rotatable bonds is 5. The predicted octanol–water partition coefficient (Wildman–Crippen LogP) is 1.84. The van der Waals surface area contributed by atoms with E-state index in [1.165, 1.54) is 18.3 Å². The van der Waals surface area contributed by atoms with E-state index in [1.807, 2.05) is 13.0 Å². The first kappa shape index (κ1) is 16.1. The minimum atomic E-state index is -3.47. The summed E-state index contributed by atoms with van der Waals surface area (Å²) < 4.78 is 25.9. The maximum Gasteiger partial charge on any atom is 0.225 e. The molecule has 8 heteroatoms. The fraction of sp³-hybridized carbons (Fsp3) is 0.188. The summed E-state index contributed by atoms with van der Waals surface area (Å²) in [6.07, 6.45) is 3.02. The number of anilines is 1. The number of nitrogens with zero attached hydrogens (tertiary/aromatic N) is 3. The van der Waals surface area contributed by atoms with Crippen LogP contribution in [0.4, 0.5) is 5.69 Å². The molecular formula is C16H16N4O3S. The van der Waals surface area contributed by atoms with Crippen molar-refractivity contribution in [3.05, 3.63) is 54.5 Å². The maximum absolute atomic E-state index is 12.2. The van der Waals surface area contributed by atoms with Crippen LogP contribution in [0.3, 0.4) is 0 Å². The van der Waals surface area contributed by atoms with Gasteiger partial charge in [0, 0.05) is 12.5 Å². The van der Waals surface area contributed by atoms with E-state index in [-0.39, 0.29) is 23.0 Å². The molecule has 0 unspecified atom stereocenters. The van der Waals surface area contributed by atoms with Crippen molar-refractivity contribution in [3.63, 3.8) is 0 Å². The van der Waals surface area contributed by atoms with Crippen LogP contribution in [-0.4, -0.2) is 34.7 Å². The minimum absolute atomic E-state index is 0.132. The summed E-state index contributed by atoms with van der Waals surface area (Å²) in [5.74, 6) is -0.640. The monoisotopic (exact) mass is 344 g/mol. The van der Waals surface area contributed by atoms with Gasteiger partial charge in [-0.3, -0.25) is 4.79 Å². The highest BCUT2D eigenvalue weighted by Gasteiger charge is 2.16. The number of benzene rings is 1. The molecule has 1 amide bonds. The Morgan fingerprint density at radius 1 is 1.25 bits per heavy atom. The van der Waals surface area contributed by atoms with Crippen LogP contribution in [0.1, 0.15) is 12.1 Å². The molecule has 0 bridgehead atoms. The Kier molecular flexibility index (Phi) is 4.30. The average molecular weight is 344 g/mol. The van der Waals surface area contributed by atoms with Gasteiger partial charge in [0.05, 0.1) is 34.4 Å². The Labute approximate surface area is 139 Å². The number of amides is 1. The van der Waals surface area contributed by atoms with Gasteiger partial charge in [-0.05, 0) is 19.1 Å². The Hall–Kier alpha value is -2.74. The van der Waals surface area contributed by atoms with Crippen molar-refractivity contribution in [1.29, 1.82) is 0 Å². The number of hydrogen-bond acceptors (Lipinski definition) is 5. The van der Waals surface area contributed by atoms with E-state index >= 15 is 0 Å². The van der Waals surface area contributed by atoms with E-state index in [2.05, 4.69) is 15.4 Å². The molecule has 0 fully saturated rings. The van der Waals surface area contributed by atoms with Crippen LogP contribution in [0.2, 0.25) is 0 Å². The minimum Gasteiger partial charge on any atom is -0.323 e. The van der Waals surface area contributed by atoms with Crippen molar-refractivity contribution < 1.29 is 13.2 Å². The number of carbonyl (C=O) groups excluding carboxylic acids is 1. The van der Waals surface area contributed by atoms with E-state index in [4.69, 9.17) is 0 Å². The fourth-order valence-corrected chi connectivity index (χ4v) is 3.52. The van der Waals surface area contributed by atoms with Crippen molar-refractivity contribution in [3.8, 4) is 0 Å². The zero-order valence-corrected chi connectivity index (χ0v) is 13.8. The Morgan fingerprint density at radius 3 is 2.75 bits per heavy atom. The largest absolute Gasteiger partial charge is 0.323 e. The smallest absolute Gasteiger partial charge is 0.225 e. The van der Waals surface area contributed by atoms with Crippen molar-refractivity contribution in [2.24, 2.45) is 0 Å². The first-order valence-electron chi connectivity index (χ1n) is 7.34. The second-order valence-electron chi connectivity index (χ2n) is 5.36. The predicted molar refractivity (Wildman–Crippen MR) is 89.5 cm³/mol. The van der Waals surface area contributed by atoms with E-state index in [0.717, 1.165) is 5.69 Å². The third-order valence-electron chi connectivity index (χ3n) is 3.42. The van der Waals surface area contributed by atoms with Gasteiger partial charge in [0.15, 0.2) is 15.5 Å². The van der Waals surface area contributed by atoms with Crippen molar-refractivity contribution in [1.82, 2.24) is 14.6 Å².